The van der Waals surface area contributed by atoms with E-state index >= 15 is 0 Å². The molecule has 4 bridgehead atoms. The third kappa shape index (κ3) is 6.27. The van der Waals surface area contributed by atoms with Gasteiger partial charge < -0.3 is 21.3 Å². The highest BCUT2D eigenvalue weighted by Crippen LogP contribution is 2.29. The smallest absolute Gasteiger partial charge is 0.319 e. The van der Waals surface area contributed by atoms with E-state index in [-0.39, 0.29) is 6.03 Å². The first-order chi connectivity index (χ1) is 18.5. The first kappa shape index (κ1) is 25.2. The van der Waals surface area contributed by atoms with E-state index < -0.39 is 9.73 Å². The molecule has 0 radical (unpaired) electrons. The van der Waals surface area contributed by atoms with Crippen molar-refractivity contribution in [2.75, 3.05) is 28.2 Å². The third-order valence-corrected chi connectivity index (χ3v) is 8.04. The topological polar surface area (TPSA) is 132 Å². The highest BCUT2D eigenvalue weighted by molar-refractivity contribution is 7.92. The molecular weight excluding hydrogens is 498 g/mol. The molecule has 1 aliphatic rings. The number of amides is 2. The lowest BCUT2D eigenvalue weighted by Gasteiger charge is -2.14. The standard InChI is InChI=1S/C28H29N7O2S/c29-38(37)16-5-4-15-30-26-25(19-31-27(35-26)33-23-9-6-10-24(38)17-23)21-11-13-22(14-12-21)34-28(36)32-18-20-7-2-1-3-8-20/h1-3,6-14,17,19,29H,4-5,15-16,18H2,(H2,32,34,36)(H2,30,31,33,35). The van der Waals surface area contributed by atoms with Gasteiger partial charge in [-0.25, -0.2) is 18.8 Å². The van der Waals surface area contributed by atoms with Gasteiger partial charge in [-0.3, -0.25) is 0 Å². The number of aromatic nitrogens is 2. The van der Waals surface area contributed by atoms with E-state index in [4.69, 9.17) is 9.76 Å². The van der Waals surface area contributed by atoms with Gasteiger partial charge in [0.1, 0.15) is 5.82 Å². The van der Waals surface area contributed by atoms with E-state index in [2.05, 4.69) is 26.3 Å². The van der Waals surface area contributed by atoms with Crippen LogP contribution in [0.15, 0.2) is 90.0 Å². The van der Waals surface area contributed by atoms with Gasteiger partial charge in [0.15, 0.2) is 0 Å². The first-order valence-electron chi connectivity index (χ1n) is 12.4. The Hall–Kier alpha value is -4.44. The fraction of sp³-hybridized carbons (Fsp3) is 0.179. The van der Waals surface area contributed by atoms with Crippen molar-refractivity contribution in [3.63, 3.8) is 0 Å². The van der Waals surface area contributed by atoms with Gasteiger partial charge in [-0.2, -0.15) is 4.98 Å². The maximum atomic E-state index is 12.9. The Morgan fingerprint density at radius 1 is 1.00 bits per heavy atom. The summed E-state index contributed by atoms with van der Waals surface area (Å²) in [4.78, 5) is 22.0. The van der Waals surface area contributed by atoms with Gasteiger partial charge in [-0.1, -0.05) is 48.5 Å². The largest absolute Gasteiger partial charge is 0.369 e. The van der Waals surface area contributed by atoms with E-state index in [1.165, 1.54) is 0 Å². The van der Waals surface area contributed by atoms with Crippen LogP contribution in [0, 0.1) is 4.78 Å². The minimum absolute atomic E-state index is 0.277. The number of nitrogens with zero attached hydrogens (tertiary/aromatic N) is 2. The van der Waals surface area contributed by atoms with Crippen LogP contribution in [0.5, 0.6) is 0 Å². The number of hydrogen-bond donors (Lipinski definition) is 5. The van der Waals surface area contributed by atoms with Crippen molar-refractivity contribution >= 4 is 38.9 Å². The molecule has 0 aliphatic carbocycles. The summed E-state index contributed by atoms with van der Waals surface area (Å²) in [6.45, 7) is 1.07. The Balaban J connectivity index is 1.32. The molecule has 0 saturated carbocycles. The Kier molecular flexibility index (Phi) is 7.50. The van der Waals surface area contributed by atoms with Gasteiger partial charge in [0.25, 0.3) is 0 Å². The number of hydrogen-bond acceptors (Lipinski definition) is 7. The van der Waals surface area contributed by atoms with E-state index in [1.54, 1.807) is 24.4 Å². The number of rotatable bonds is 4. The number of carbonyl (C=O) groups is 1. The minimum atomic E-state index is -2.86. The predicted octanol–water partition coefficient (Wildman–Crippen LogP) is 5.82. The molecule has 38 heavy (non-hydrogen) atoms. The average molecular weight is 528 g/mol. The van der Waals surface area contributed by atoms with Gasteiger partial charge >= 0.3 is 6.03 Å². The van der Waals surface area contributed by atoms with Gasteiger partial charge in [0.2, 0.25) is 5.95 Å². The van der Waals surface area contributed by atoms with Crippen molar-refractivity contribution in [2.24, 2.45) is 0 Å². The van der Waals surface area contributed by atoms with Crippen LogP contribution in [0.4, 0.5) is 27.9 Å². The zero-order chi connectivity index (χ0) is 26.4. The first-order valence-corrected chi connectivity index (χ1v) is 14.1. The molecule has 0 spiro atoms. The summed E-state index contributed by atoms with van der Waals surface area (Å²) in [5.41, 5.74) is 4.10. The Morgan fingerprint density at radius 3 is 2.63 bits per heavy atom. The second kappa shape index (κ2) is 11.3. The number of anilines is 4. The molecule has 9 nitrogen and oxygen atoms in total. The third-order valence-electron chi connectivity index (χ3n) is 6.16. The molecule has 2 heterocycles. The molecule has 0 saturated heterocycles. The molecule has 2 amide bonds. The van der Waals surface area contributed by atoms with Gasteiger partial charge in [0, 0.05) is 46.9 Å². The molecule has 0 fully saturated rings. The van der Waals surface area contributed by atoms with Crippen LogP contribution < -0.4 is 21.3 Å². The van der Waals surface area contributed by atoms with Crippen molar-refractivity contribution in [1.29, 1.82) is 4.78 Å². The maximum absolute atomic E-state index is 12.9. The Labute approximate surface area is 222 Å². The van der Waals surface area contributed by atoms with Crippen LogP contribution in [0.3, 0.4) is 0 Å². The molecule has 10 heteroatoms. The van der Waals surface area contributed by atoms with Crippen LogP contribution in [0.25, 0.3) is 11.1 Å². The fourth-order valence-corrected chi connectivity index (χ4v) is 5.60. The molecule has 1 aliphatic heterocycles. The summed E-state index contributed by atoms with van der Waals surface area (Å²) >= 11 is 0. The second-order valence-electron chi connectivity index (χ2n) is 8.99. The Morgan fingerprint density at radius 2 is 1.82 bits per heavy atom. The van der Waals surface area contributed by atoms with Crippen molar-refractivity contribution in [3.05, 3.63) is 90.6 Å². The summed E-state index contributed by atoms with van der Waals surface area (Å²) in [5.74, 6) is 1.38. The normalized spacial score (nSPS) is 16.9. The molecular formula is C28H29N7O2S. The average Bonchev–Trinajstić information content (AvgIpc) is 2.93. The van der Waals surface area contributed by atoms with E-state index in [0.717, 1.165) is 23.1 Å². The lowest BCUT2D eigenvalue weighted by molar-refractivity contribution is 0.251. The molecule has 1 atom stereocenters. The fourth-order valence-electron chi connectivity index (χ4n) is 4.14. The summed E-state index contributed by atoms with van der Waals surface area (Å²) < 4.78 is 21.2. The summed E-state index contributed by atoms with van der Waals surface area (Å²) in [5, 5.41) is 12.3. The number of nitrogens with one attached hydrogen (secondary N) is 5. The minimum Gasteiger partial charge on any atom is -0.369 e. The predicted molar refractivity (Wildman–Crippen MR) is 151 cm³/mol. The molecule has 5 N–H and O–H groups in total. The molecule has 194 valence electrons. The van der Waals surface area contributed by atoms with Crippen molar-refractivity contribution in [1.82, 2.24) is 15.3 Å². The number of urea groups is 1. The molecule has 1 aromatic heterocycles. The van der Waals surface area contributed by atoms with Gasteiger partial charge in [-0.05, 0) is 54.3 Å². The van der Waals surface area contributed by atoms with Crippen LogP contribution in [0.2, 0.25) is 0 Å². The van der Waals surface area contributed by atoms with Crippen LogP contribution >= 0.6 is 0 Å². The number of carbonyl (C=O) groups excluding carboxylic acids is 1. The molecule has 3 aromatic carbocycles. The number of fused-ring (bicyclic) bond motifs is 4. The molecule has 1 unspecified atom stereocenters. The van der Waals surface area contributed by atoms with Crippen molar-refractivity contribution < 1.29 is 9.00 Å². The quantitative estimate of drug-likeness (QED) is 0.227. The molecule has 4 aromatic rings. The zero-order valence-corrected chi connectivity index (χ0v) is 21.6. The number of benzene rings is 3. The highest BCUT2D eigenvalue weighted by atomic mass is 32.2. The van der Waals surface area contributed by atoms with Gasteiger partial charge in [-0.15, -0.1) is 0 Å². The summed E-state index contributed by atoms with van der Waals surface area (Å²) in [6, 6.07) is 24.1. The summed E-state index contributed by atoms with van der Waals surface area (Å²) in [6.07, 6.45) is 3.17. The van der Waals surface area contributed by atoms with Crippen LogP contribution in [-0.2, 0) is 16.3 Å². The second-order valence-corrected chi connectivity index (χ2v) is 11.2. The zero-order valence-electron chi connectivity index (χ0n) is 20.7. The lowest BCUT2D eigenvalue weighted by Crippen LogP contribution is -2.28. The van der Waals surface area contributed by atoms with E-state index in [1.807, 2.05) is 60.7 Å². The molecule has 5 rings (SSSR count). The lowest BCUT2D eigenvalue weighted by atomic mass is 10.1. The van der Waals surface area contributed by atoms with Crippen LogP contribution in [0.1, 0.15) is 18.4 Å². The monoisotopic (exact) mass is 527 g/mol. The van der Waals surface area contributed by atoms with Crippen molar-refractivity contribution in [3.8, 4) is 11.1 Å². The van der Waals surface area contributed by atoms with Gasteiger partial charge in [0.05, 0.1) is 9.73 Å². The SMILES string of the molecule is N=S1(=O)CCCCNc2nc(ncc2-c2ccc(NC(=O)NCc3ccccc3)cc2)Nc2cccc1c2. The maximum Gasteiger partial charge on any atom is 0.319 e. The highest BCUT2D eigenvalue weighted by Gasteiger charge is 2.14. The van der Waals surface area contributed by atoms with Crippen LogP contribution in [-0.4, -0.2) is 32.5 Å². The van der Waals surface area contributed by atoms with E-state index in [0.29, 0.717) is 53.3 Å². The van der Waals surface area contributed by atoms with E-state index in [9.17, 15) is 9.00 Å². The summed E-state index contributed by atoms with van der Waals surface area (Å²) in [7, 11) is -2.86. The van der Waals surface area contributed by atoms with Crippen molar-refractivity contribution in [2.45, 2.75) is 24.3 Å². The Bertz CT molecular complexity index is 1520.